The molecule has 0 saturated carbocycles. The van der Waals surface area contributed by atoms with Crippen LogP contribution in [0.4, 0.5) is 0 Å². The quantitative estimate of drug-likeness (QED) is 0.470. The maximum atomic E-state index is 13.2. The molecule has 144 valence electrons. The Balaban J connectivity index is 2.00. The van der Waals surface area contributed by atoms with Gasteiger partial charge in [-0.05, 0) is 36.4 Å². The van der Waals surface area contributed by atoms with Gasteiger partial charge in [0.05, 0.1) is 36.3 Å². The molecule has 2 heterocycles. The molecule has 0 aliphatic carbocycles. The van der Waals surface area contributed by atoms with Crippen molar-refractivity contribution in [3.63, 3.8) is 0 Å². The second-order valence-electron chi connectivity index (χ2n) is 7.02. The topological polar surface area (TPSA) is 73.3 Å². The predicted molar refractivity (Wildman–Crippen MR) is 115 cm³/mol. The Hall–Kier alpha value is -3.80. The molecular weight excluding hydrogens is 368 g/mol. The van der Waals surface area contributed by atoms with E-state index in [1.54, 1.807) is 56.7 Å². The van der Waals surface area contributed by atoms with Crippen LogP contribution in [-0.2, 0) is 7.05 Å². The van der Waals surface area contributed by atoms with E-state index >= 15 is 0 Å². The lowest BCUT2D eigenvalue weighted by Gasteiger charge is -2.13. The summed E-state index contributed by atoms with van der Waals surface area (Å²) in [5.41, 5.74) is 2.47. The molecule has 0 saturated heterocycles. The second kappa shape index (κ2) is 6.10. The summed E-state index contributed by atoms with van der Waals surface area (Å²) in [5.74, 6) is 1.25. The average molecular weight is 386 g/mol. The first-order valence-corrected chi connectivity index (χ1v) is 9.16. The highest BCUT2D eigenvalue weighted by Crippen LogP contribution is 2.27. The lowest BCUT2D eigenvalue weighted by molar-refractivity contribution is 0.415. The summed E-state index contributed by atoms with van der Waals surface area (Å²) < 4.78 is 12.6. The standard InChI is InChI=1S/C23H18N2O4/c1-25-18-9-12(28-2)7-8-13(18)22(26)16-10-17-15(11-19(16)25)23(27)14-5-4-6-20(29-3)21(14)24-17/h4-11H,1-3H3,(H,24,27). The first-order valence-electron chi connectivity index (χ1n) is 9.16. The largest absolute Gasteiger partial charge is 0.497 e. The number of hydrogen-bond acceptors (Lipinski definition) is 4. The predicted octanol–water partition coefficient (Wildman–Crippen LogP) is 3.70. The number of aryl methyl sites for hydroxylation is 1. The Morgan fingerprint density at radius 2 is 1.55 bits per heavy atom. The fourth-order valence-electron chi connectivity index (χ4n) is 4.02. The van der Waals surface area contributed by atoms with Crippen LogP contribution in [0.5, 0.6) is 11.5 Å². The molecular formula is C23H18N2O4. The number of H-pyrrole nitrogens is 1. The monoisotopic (exact) mass is 386 g/mol. The number of ether oxygens (including phenoxy) is 2. The number of benzene rings is 3. The van der Waals surface area contributed by atoms with Crippen LogP contribution in [0, 0.1) is 0 Å². The third kappa shape index (κ3) is 2.35. The number of rotatable bonds is 2. The van der Waals surface area contributed by atoms with Crippen LogP contribution >= 0.6 is 0 Å². The van der Waals surface area contributed by atoms with Crippen molar-refractivity contribution in [1.29, 1.82) is 0 Å². The summed E-state index contributed by atoms with van der Waals surface area (Å²) in [4.78, 5) is 29.6. The van der Waals surface area contributed by atoms with E-state index < -0.39 is 0 Å². The molecule has 0 unspecified atom stereocenters. The van der Waals surface area contributed by atoms with Crippen molar-refractivity contribution in [2.45, 2.75) is 0 Å². The average Bonchev–Trinajstić information content (AvgIpc) is 2.76. The summed E-state index contributed by atoms with van der Waals surface area (Å²) in [6.07, 6.45) is 0. The van der Waals surface area contributed by atoms with Crippen LogP contribution in [0.2, 0.25) is 0 Å². The first-order chi connectivity index (χ1) is 14.0. The molecule has 29 heavy (non-hydrogen) atoms. The molecule has 5 rings (SSSR count). The van der Waals surface area contributed by atoms with Crippen molar-refractivity contribution < 1.29 is 9.47 Å². The highest BCUT2D eigenvalue weighted by Gasteiger charge is 2.14. The highest BCUT2D eigenvalue weighted by atomic mass is 16.5. The lowest BCUT2D eigenvalue weighted by Crippen LogP contribution is -2.11. The smallest absolute Gasteiger partial charge is 0.197 e. The van der Waals surface area contributed by atoms with Gasteiger partial charge in [0, 0.05) is 34.7 Å². The van der Waals surface area contributed by atoms with E-state index in [0.29, 0.717) is 49.6 Å². The number of hydrogen-bond donors (Lipinski definition) is 1. The van der Waals surface area contributed by atoms with Crippen molar-refractivity contribution in [2.24, 2.45) is 7.05 Å². The van der Waals surface area contributed by atoms with Crippen molar-refractivity contribution >= 4 is 43.6 Å². The fourth-order valence-corrected chi connectivity index (χ4v) is 4.02. The lowest BCUT2D eigenvalue weighted by atomic mass is 10.0. The van der Waals surface area contributed by atoms with Gasteiger partial charge in [-0.15, -0.1) is 0 Å². The second-order valence-corrected chi connectivity index (χ2v) is 7.02. The van der Waals surface area contributed by atoms with Crippen molar-refractivity contribution in [3.05, 3.63) is 69.0 Å². The van der Waals surface area contributed by atoms with Crippen LogP contribution in [0.25, 0.3) is 43.6 Å². The van der Waals surface area contributed by atoms with Crippen LogP contribution in [0.15, 0.2) is 58.1 Å². The summed E-state index contributed by atoms with van der Waals surface area (Å²) in [7, 11) is 5.04. The Labute approximate surface area is 164 Å². The molecule has 5 aromatic rings. The fraction of sp³-hybridized carbons (Fsp3) is 0.130. The summed E-state index contributed by atoms with van der Waals surface area (Å²) in [6, 6.07) is 14.3. The Kier molecular flexibility index (Phi) is 3.64. The van der Waals surface area contributed by atoms with E-state index in [4.69, 9.17) is 9.47 Å². The molecule has 6 nitrogen and oxygen atoms in total. The van der Waals surface area contributed by atoms with Crippen LogP contribution < -0.4 is 20.3 Å². The van der Waals surface area contributed by atoms with E-state index in [1.165, 1.54) is 0 Å². The summed E-state index contributed by atoms with van der Waals surface area (Å²) >= 11 is 0. The SMILES string of the molecule is COc1ccc2c(=O)c3cc4[nH]c5c(OC)cccc5c(=O)c4cc3n(C)c2c1. The molecule has 1 N–H and O–H groups in total. The van der Waals surface area contributed by atoms with E-state index in [1.807, 2.05) is 17.7 Å². The van der Waals surface area contributed by atoms with Crippen molar-refractivity contribution in [2.75, 3.05) is 14.2 Å². The molecule has 0 spiro atoms. The molecule has 0 bridgehead atoms. The maximum Gasteiger partial charge on any atom is 0.197 e. The van der Waals surface area contributed by atoms with E-state index in [0.717, 1.165) is 5.52 Å². The van der Waals surface area contributed by atoms with Gasteiger partial charge in [-0.1, -0.05) is 6.07 Å². The number of aromatic nitrogens is 2. The van der Waals surface area contributed by atoms with Crippen molar-refractivity contribution in [1.82, 2.24) is 9.55 Å². The van der Waals surface area contributed by atoms with E-state index in [9.17, 15) is 9.59 Å². The Bertz CT molecular complexity index is 1580. The maximum absolute atomic E-state index is 13.2. The zero-order valence-corrected chi connectivity index (χ0v) is 16.2. The third-order valence-electron chi connectivity index (χ3n) is 5.55. The number of methoxy groups -OCH3 is 2. The molecule has 3 aromatic carbocycles. The number of fused-ring (bicyclic) bond motifs is 4. The minimum absolute atomic E-state index is 0.0846. The molecule has 0 aliphatic rings. The Morgan fingerprint density at radius 1 is 0.793 bits per heavy atom. The van der Waals surface area contributed by atoms with Crippen LogP contribution in [-0.4, -0.2) is 23.8 Å². The number of nitrogens with zero attached hydrogens (tertiary/aromatic N) is 1. The normalized spacial score (nSPS) is 11.6. The molecule has 0 amide bonds. The van der Waals surface area contributed by atoms with Crippen LogP contribution in [0.1, 0.15) is 0 Å². The van der Waals surface area contributed by atoms with Gasteiger partial charge in [-0.25, -0.2) is 0 Å². The molecule has 0 fully saturated rings. The van der Waals surface area contributed by atoms with E-state index in [2.05, 4.69) is 4.98 Å². The zero-order valence-electron chi connectivity index (χ0n) is 16.2. The number of nitrogens with one attached hydrogen (secondary N) is 1. The summed E-state index contributed by atoms with van der Waals surface area (Å²) in [5, 5.41) is 2.21. The van der Waals surface area contributed by atoms with Crippen molar-refractivity contribution in [3.8, 4) is 11.5 Å². The molecule has 2 aromatic heterocycles. The van der Waals surface area contributed by atoms with Gasteiger partial charge >= 0.3 is 0 Å². The zero-order chi connectivity index (χ0) is 20.3. The number of para-hydroxylation sites is 1. The van der Waals surface area contributed by atoms with Gasteiger partial charge in [0.1, 0.15) is 11.5 Å². The summed E-state index contributed by atoms with van der Waals surface area (Å²) in [6.45, 7) is 0. The third-order valence-corrected chi connectivity index (χ3v) is 5.55. The minimum atomic E-state index is -0.104. The molecule has 0 aliphatic heterocycles. The molecule has 0 atom stereocenters. The number of pyridine rings is 2. The van der Waals surface area contributed by atoms with Gasteiger partial charge in [-0.3, -0.25) is 9.59 Å². The number of aromatic amines is 1. The van der Waals surface area contributed by atoms with Gasteiger partial charge < -0.3 is 19.0 Å². The van der Waals surface area contributed by atoms with Gasteiger partial charge in [0.25, 0.3) is 0 Å². The molecule has 0 radical (unpaired) electrons. The van der Waals surface area contributed by atoms with Gasteiger partial charge in [0.2, 0.25) is 0 Å². The minimum Gasteiger partial charge on any atom is -0.497 e. The Morgan fingerprint density at radius 3 is 2.31 bits per heavy atom. The van der Waals surface area contributed by atoms with Gasteiger partial charge in [0.15, 0.2) is 10.9 Å². The highest BCUT2D eigenvalue weighted by molar-refractivity contribution is 6.04. The van der Waals surface area contributed by atoms with Crippen LogP contribution in [0.3, 0.4) is 0 Å². The van der Waals surface area contributed by atoms with E-state index in [-0.39, 0.29) is 10.9 Å². The first kappa shape index (κ1) is 17.3. The van der Waals surface area contributed by atoms with Gasteiger partial charge in [-0.2, -0.15) is 0 Å². The molecule has 6 heteroatoms.